The zero-order valence-corrected chi connectivity index (χ0v) is 3.07. The van der Waals surface area contributed by atoms with E-state index < -0.39 is 11.4 Å². The van der Waals surface area contributed by atoms with Crippen molar-refractivity contribution in [3.05, 3.63) is 0 Å². The summed E-state index contributed by atoms with van der Waals surface area (Å²) in [7, 11) is 4.12. The first kappa shape index (κ1) is 5.13. The van der Waals surface area contributed by atoms with Crippen LogP contribution in [-0.2, 0) is 15.5 Å². The van der Waals surface area contributed by atoms with Crippen LogP contribution in [0.1, 0.15) is 0 Å². The fourth-order valence-corrected chi connectivity index (χ4v) is 0. The van der Waals surface area contributed by atoms with Crippen molar-refractivity contribution in [1.82, 2.24) is 0 Å². The summed E-state index contributed by atoms with van der Waals surface area (Å²) in [6.07, 6.45) is 0. The minimum atomic E-state index is -2.29. The van der Waals surface area contributed by atoms with Crippen LogP contribution in [0.5, 0.6) is 0 Å². The Morgan fingerprint density at radius 1 is 2.00 bits per heavy atom. The van der Waals surface area contributed by atoms with Crippen LogP contribution >= 0.6 is 0 Å². The molecule has 0 aliphatic carbocycles. The summed E-state index contributed by atoms with van der Waals surface area (Å²) in [6.45, 7) is 0. The van der Waals surface area contributed by atoms with Gasteiger partial charge in [-0.15, -0.1) is 0 Å². The molecule has 1 N–H and O–H groups in total. The van der Waals surface area contributed by atoms with Gasteiger partial charge in [0.15, 0.2) is 0 Å². The van der Waals surface area contributed by atoms with Gasteiger partial charge < -0.3 is 4.10 Å². The van der Waals surface area contributed by atoms with Crippen LogP contribution in [-0.4, -0.2) is 16.8 Å². The van der Waals surface area contributed by atoms with E-state index in [4.69, 9.17) is 8.76 Å². The third-order valence-corrected chi connectivity index (χ3v) is 0.247. The second-order valence-electron chi connectivity index (χ2n) is 0.313. The molecular weight excluding hydrogens is 90.9 g/mol. The number of rotatable bonds is 1. The van der Waals surface area contributed by atoms with Gasteiger partial charge in [-0.1, -0.05) is 0 Å². The number of hydrogen-bond donors (Lipinski definition) is 1. The fourth-order valence-electron chi connectivity index (χ4n) is 0. The highest BCUT2D eigenvalue weighted by Gasteiger charge is 1.75. The van der Waals surface area contributed by atoms with Gasteiger partial charge in [0.1, 0.15) is 0 Å². The second-order valence-corrected chi connectivity index (χ2v) is 0.940. The Balaban J connectivity index is 2.85. The highest BCUT2D eigenvalue weighted by atomic mass is 32.2. The van der Waals surface area contributed by atoms with Gasteiger partial charge in [0.25, 0.3) is 11.4 Å². The molecule has 0 aromatic rings. The average molecular weight is 91.9 g/mol. The molecule has 0 bridgehead atoms. The summed E-state index contributed by atoms with van der Waals surface area (Å²) in [6, 6.07) is 0. The number of hydrogen-bond acceptors (Lipinski definition) is 2. The van der Waals surface area contributed by atoms with Gasteiger partial charge in [-0.05, 0) is 0 Å². The zero-order valence-electron chi connectivity index (χ0n) is 2.25. The molecule has 1 atom stereocenters. The Labute approximate surface area is 33.3 Å². The van der Waals surface area contributed by atoms with E-state index in [1.54, 1.807) is 0 Å². The van der Waals surface area contributed by atoms with Gasteiger partial charge in [0.2, 0.25) is 0 Å². The maximum absolute atomic E-state index is 9.13. The Morgan fingerprint density at radius 3 is 2.20 bits per heavy atom. The predicted molar refractivity (Wildman–Crippen MR) is 17.6 cm³/mol. The fraction of sp³-hybridized carbons (Fsp3) is 0. The van der Waals surface area contributed by atoms with Crippen molar-refractivity contribution in [1.29, 1.82) is 0 Å². The molecule has 0 amide bonds. The topological polar surface area (TPSA) is 46.5 Å². The molecule has 0 saturated heterocycles. The molecule has 0 fully saturated rings. The Kier molecular flexibility index (Phi) is 2.44. The normalized spacial score (nSPS) is 14.6. The monoisotopic (exact) mass is 92.0 g/mol. The van der Waals surface area contributed by atoms with Gasteiger partial charge in [-0.25, -0.2) is 0 Å². The molecule has 2 radical (unpaired) electrons. The van der Waals surface area contributed by atoms with Crippen molar-refractivity contribution >= 4 is 19.4 Å². The van der Waals surface area contributed by atoms with Gasteiger partial charge in [0, 0.05) is 0 Å². The molecule has 0 spiro atoms. The summed E-state index contributed by atoms with van der Waals surface area (Å²) < 4.78 is 19.9. The SMILES string of the molecule is [B]OS(=O)O. The minimum absolute atomic E-state index is 2.29. The maximum Gasteiger partial charge on any atom is 0.311 e. The lowest BCUT2D eigenvalue weighted by molar-refractivity contribution is 0.476. The van der Waals surface area contributed by atoms with Crippen LogP contribution in [0.3, 0.4) is 0 Å². The van der Waals surface area contributed by atoms with Gasteiger partial charge in [0.05, 0.1) is 0 Å². The van der Waals surface area contributed by atoms with E-state index in [1.807, 2.05) is 0 Å². The quantitative estimate of drug-likeness (QED) is 0.341. The molecule has 0 aromatic carbocycles. The van der Waals surface area contributed by atoms with Crippen LogP contribution < -0.4 is 0 Å². The maximum atomic E-state index is 9.13. The lowest BCUT2D eigenvalue weighted by atomic mass is 10.6. The van der Waals surface area contributed by atoms with Crippen molar-refractivity contribution in [2.24, 2.45) is 0 Å². The molecule has 0 aliphatic rings. The average Bonchev–Trinajstić information content (AvgIpc) is 1.38. The molecule has 0 aliphatic heterocycles. The van der Waals surface area contributed by atoms with Crippen molar-refractivity contribution in [2.45, 2.75) is 0 Å². The Hall–Kier alpha value is 0.135. The van der Waals surface area contributed by atoms with Crippen LogP contribution in [0.25, 0.3) is 0 Å². The highest BCUT2D eigenvalue weighted by Crippen LogP contribution is 1.62. The molecule has 0 heterocycles. The molecule has 0 aromatic heterocycles. The second kappa shape index (κ2) is 2.38. The van der Waals surface area contributed by atoms with E-state index in [-0.39, 0.29) is 0 Å². The summed E-state index contributed by atoms with van der Waals surface area (Å²) in [4.78, 5) is 0. The largest absolute Gasteiger partial charge is 0.346 e. The first-order valence-corrected chi connectivity index (χ1v) is 1.78. The highest BCUT2D eigenvalue weighted by molar-refractivity contribution is 7.74. The van der Waals surface area contributed by atoms with E-state index in [9.17, 15) is 0 Å². The smallest absolute Gasteiger partial charge is 0.311 e. The molecule has 0 saturated carbocycles. The standard InChI is InChI=1S/BHO3S/c1-4-5(2)3/h(H,2,3). The van der Waals surface area contributed by atoms with Crippen molar-refractivity contribution in [3.8, 4) is 0 Å². The third-order valence-electron chi connectivity index (χ3n) is 0.0823. The molecule has 28 valence electrons. The lowest BCUT2D eigenvalue weighted by Crippen LogP contribution is -1.86. The first-order valence-electron chi connectivity index (χ1n) is 0.752. The van der Waals surface area contributed by atoms with Crippen LogP contribution in [0.2, 0.25) is 0 Å². The van der Waals surface area contributed by atoms with Crippen LogP contribution in [0, 0.1) is 0 Å². The van der Waals surface area contributed by atoms with Crippen LogP contribution in [0.4, 0.5) is 0 Å². The molecule has 3 nitrogen and oxygen atoms in total. The Bertz CT molecular complexity index is 42.2. The van der Waals surface area contributed by atoms with Gasteiger partial charge in [-0.3, -0.25) is 4.55 Å². The van der Waals surface area contributed by atoms with E-state index in [0.717, 1.165) is 0 Å². The molecule has 5 heteroatoms. The summed E-state index contributed by atoms with van der Waals surface area (Å²) in [5.74, 6) is 0. The first-order chi connectivity index (χ1) is 2.27. The van der Waals surface area contributed by atoms with Crippen molar-refractivity contribution < 1.29 is 12.9 Å². The van der Waals surface area contributed by atoms with Gasteiger partial charge >= 0.3 is 8.05 Å². The molecular formula is HBO3S. The van der Waals surface area contributed by atoms with Crippen molar-refractivity contribution in [2.75, 3.05) is 0 Å². The minimum Gasteiger partial charge on any atom is -0.346 e. The summed E-state index contributed by atoms with van der Waals surface area (Å²) in [5, 5.41) is 0. The van der Waals surface area contributed by atoms with Crippen LogP contribution in [0.15, 0.2) is 0 Å². The predicted octanol–water partition coefficient (Wildman–Crippen LogP) is -0.777. The van der Waals surface area contributed by atoms with E-state index in [2.05, 4.69) is 12.1 Å². The van der Waals surface area contributed by atoms with E-state index >= 15 is 0 Å². The van der Waals surface area contributed by atoms with E-state index in [1.165, 1.54) is 0 Å². The van der Waals surface area contributed by atoms with Crippen molar-refractivity contribution in [3.63, 3.8) is 0 Å². The molecule has 1 unspecified atom stereocenters. The van der Waals surface area contributed by atoms with Gasteiger partial charge in [-0.2, -0.15) is 4.21 Å². The summed E-state index contributed by atoms with van der Waals surface area (Å²) >= 11 is -2.29. The van der Waals surface area contributed by atoms with E-state index in [0.29, 0.717) is 0 Å². The lowest BCUT2D eigenvalue weighted by Gasteiger charge is -1.77. The third kappa shape index (κ3) is 4.13. The Morgan fingerprint density at radius 2 is 2.20 bits per heavy atom. The molecule has 5 heavy (non-hydrogen) atoms. The summed E-state index contributed by atoms with van der Waals surface area (Å²) in [5.41, 5.74) is 0. The molecule has 0 rings (SSSR count). The zero-order chi connectivity index (χ0) is 4.28.